The highest BCUT2D eigenvalue weighted by Crippen LogP contribution is 2.31. The van der Waals surface area contributed by atoms with E-state index >= 15 is 0 Å². The Kier molecular flexibility index (Phi) is 3.11. The van der Waals surface area contributed by atoms with Crippen molar-refractivity contribution in [1.82, 2.24) is 0 Å². The average Bonchev–Trinajstić information content (AvgIpc) is 2.58. The predicted octanol–water partition coefficient (Wildman–Crippen LogP) is 0.554. The van der Waals surface area contributed by atoms with Gasteiger partial charge >= 0.3 is 11.9 Å². The van der Waals surface area contributed by atoms with Crippen LogP contribution in [0.4, 0.5) is 0 Å². The summed E-state index contributed by atoms with van der Waals surface area (Å²) in [6.45, 7) is 0. The third kappa shape index (κ3) is 1.71. The van der Waals surface area contributed by atoms with Crippen molar-refractivity contribution in [3.8, 4) is 0 Å². The quantitative estimate of drug-likeness (QED) is 0.659. The van der Waals surface area contributed by atoms with Crippen LogP contribution in [0.1, 0.15) is 12.8 Å². The zero-order valence-electron chi connectivity index (χ0n) is 8.07. The number of carbonyl (C=O) groups excluding carboxylic acids is 2. The number of esters is 2. The summed E-state index contributed by atoms with van der Waals surface area (Å²) in [5.74, 6) is -2.05. The molecule has 0 aliphatic heterocycles. The monoisotopic (exact) mass is 200 g/mol. The molecule has 1 aliphatic rings. The summed E-state index contributed by atoms with van der Waals surface area (Å²) in [6.07, 6.45) is 0.737. The number of methoxy groups -OCH3 is 2. The van der Waals surface area contributed by atoms with Crippen LogP contribution >= 0.6 is 0 Å². The lowest BCUT2D eigenvalue weighted by molar-refractivity contribution is -0.144. The highest BCUT2D eigenvalue weighted by Gasteiger charge is 2.35. The number of hydrogen-bond acceptors (Lipinski definition) is 5. The smallest absolute Gasteiger partial charge is 0.337 e. The van der Waals surface area contributed by atoms with Gasteiger partial charge in [-0.1, -0.05) is 0 Å². The lowest BCUT2D eigenvalue weighted by Crippen LogP contribution is -2.16. The fraction of sp³-hybridized carbons (Fsp3) is 0.556. The molecule has 0 aromatic rings. The van der Waals surface area contributed by atoms with Crippen LogP contribution in [0.15, 0.2) is 11.3 Å². The van der Waals surface area contributed by atoms with Crippen molar-refractivity contribution in [2.45, 2.75) is 12.8 Å². The van der Waals surface area contributed by atoms with Gasteiger partial charge in [-0.25, -0.2) is 4.79 Å². The largest absolute Gasteiger partial charge is 0.511 e. The first kappa shape index (κ1) is 10.6. The van der Waals surface area contributed by atoms with Crippen LogP contribution in [0.5, 0.6) is 0 Å². The number of aliphatic hydroxyl groups is 1. The van der Waals surface area contributed by atoms with Gasteiger partial charge in [0, 0.05) is 0 Å². The third-order valence-corrected chi connectivity index (χ3v) is 2.24. The molecule has 0 bridgehead atoms. The van der Waals surface area contributed by atoms with E-state index in [1.165, 1.54) is 14.2 Å². The van der Waals surface area contributed by atoms with Gasteiger partial charge in [0.1, 0.15) is 11.7 Å². The van der Waals surface area contributed by atoms with Gasteiger partial charge in [0.25, 0.3) is 0 Å². The maximum Gasteiger partial charge on any atom is 0.337 e. The van der Waals surface area contributed by atoms with Crippen molar-refractivity contribution in [3.05, 3.63) is 11.3 Å². The topological polar surface area (TPSA) is 72.8 Å². The molecule has 78 valence electrons. The highest BCUT2D eigenvalue weighted by atomic mass is 16.5. The molecule has 14 heavy (non-hydrogen) atoms. The molecule has 0 radical (unpaired) electrons. The zero-order valence-corrected chi connectivity index (χ0v) is 8.07. The van der Waals surface area contributed by atoms with Gasteiger partial charge in [-0.3, -0.25) is 4.79 Å². The summed E-state index contributed by atoms with van der Waals surface area (Å²) in [5.41, 5.74) is 0.169. The van der Waals surface area contributed by atoms with Crippen LogP contribution in [0.2, 0.25) is 0 Å². The van der Waals surface area contributed by atoms with E-state index in [-0.39, 0.29) is 11.3 Å². The van der Waals surface area contributed by atoms with Gasteiger partial charge in [-0.15, -0.1) is 0 Å². The second-order valence-corrected chi connectivity index (χ2v) is 2.97. The summed E-state index contributed by atoms with van der Waals surface area (Å²) in [6, 6.07) is 0. The molecule has 0 heterocycles. The molecule has 0 saturated carbocycles. The molecule has 1 unspecified atom stereocenters. The van der Waals surface area contributed by atoms with E-state index in [9.17, 15) is 14.7 Å². The number of hydrogen-bond donors (Lipinski definition) is 1. The lowest BCUT2D eigenvalue weighted by atomic mass is 10.1. The Hall–Kier alpha value is -1.52. The van der Waals surface area contributed by atoms with Crippen LogP contribution in [-0.4, -0.2) is 31.3 Å². The van der Waals surface area contributed by atoms with Crippen LogP contribution < -0.4 is 0 Å². The molecule has 1 rings (SSSR count). The molecule has 0 fully saturated rings. The van der Waals surface area contributed by atoms with E-state index in [0.29, 0.717) is 12.8 Å². The highest BCUT2D eigenvalue weighted by molar-refractivity contribution is 5.91. The lowest BCUT2D eigenvalue weighted by Gasteiger charge is -2.06. The number of ether oxygens (including phenoxy) is 2. The molecule has 0 spiro atoms. The van der Waals surface area contributed by atoms with Gasteiger partial charge in [-0.2, -0.15) is 0 Å². The van der Waals surface area contributed by atoms with Gasteiger partial charge in [0.15, 0.2) is 0 Å². The first-order valence-electron chi connectivity index (χ1n) is 4.20. The molecule has 0 saturated heterocycles. The summed E-state index contributed by atoms with van der Waals surface area (Å²) in [7, 11) is 2.47. The molecule has 0 aromatic heterocycles. The van der Waals surface area contributed by atoms with E-state index in [4.69, 9.17) is 0 Å². The van der Waals surface area contributed by atoms with E-state index in [1.807, 2.05) is 0 Å². The summed E-state index contributed by atoms with van der Waals surface area (Å²) in [4.78, 5) is 22.2. The molecule has 1 aliphatic carbocycles. The maximum atomic E-state index is 11.1. The average molecular weight is 200 g/mol. The molecular weight excluding hydrogens is 188 g/mol. The molecule has 0 aromatic carbocycles. The number of aliphatic hydroxyl groups excluding tert-OH is 1. The Morgan fingerprint density at radius 1 is 1.36 bits per heavy atom. The Labute approximate surface area is 81.3 Å². The van der Waals surface area contributed by atoms with Gasteiger partial charge in [0.05, 0.1) is 19.8 Å². The van der Waals surface area contributed by atoms with Crippen molar-refractivity contribution >= 4 is 11.9 Å². The van der Waals surface area contributed by atoms with Crippen molar-refractivity contribution in [3.63, 3.8) is 0 Å². The molecular formula is C9H12O5. The van der Waals surface area contributed by atoms with Crippen LogP contribution in [0.3, 0.4) is 0 Å². The van der Waals surface area contributed by atoms with E-state index in [1.54, 1.807) is 0 Å². The van der Waals surface area contributed by atoms with E-state index < -0.39 is 17.9 Å². The van der Waals surface area contributed by atoms with Gasteiger partial charge in [-0.05, 0) is 12.8 Å². The second-order valence-electron chi connectivity index (χ2n) is 2.97. The van der Waals surface area contributed by atoms with E-state index in [2.05, 4.69) is 9.47 Å². The summed E-state index contributed by atoms with van der Waals surface area (Å²) >= 11 is 0. The van der Waals surface area contributed by atoms with Crippen molar-refractivity contribution < 1.29 is 24.2 Å². The first-order valence-corrected chi connectivity index (χ1v) is 4.20. The first-order chi connectivity index (χ1) is 6.61. The minimum atomic E-state index is -0.714. The molecule has 1 N–H and O–H groups in total. The minimum Gasteiger partial charge on any atom is -0.511 e. The van der Waals surface area contributed by atoms with E-state index in [0.717, 1.165) is 0 Å². The Morgan fingerprint density at radius 3 is 2.50 bits per heavy atom. The fourth-order valence-corrected chi connectivity index (χ4v) is 1.47. The molecule has 1 atom stereocenters. The fourth-order valence-electron chi connectivity index (χ4n) is 1.47. The molecule has 5 nitrogen and oxygen atoms in total. The Balaban J connectivity index is 2.84. The van der Waals surface area contributed by atoms with Gasteiger partial charge < -0.3 is 14.6 Å². The summed E-state index contributed by atoms with van der Waals surface area (Å²) in [5, 5.41) is 9.53. The van der Waals surface area contributed by atoms with Crippen LogP contribution in [-0.2, 0) is 19.1 Å². The second kappa shape index (κ2) is 4.13. The Bertz CT molecular complexity index is 292. The minimum absolute atomic E-state index is 0.169. The predicted molar refractivity (Wildman–Crippen MR) is 46.4 cm³/mol. The van der Waals surface area contributed by atoms with Crippen molar-refractivity contribution in [1.29, 1.82) is 0 Å². The zero-order chi connectivity index (χ0) is 10.7. The van der Waals surface area contributed by atoms with Crippen LogP contribution in [0, 0.1) is 5.92 Å². The van der Waals surface area contributed by atoms with Crippen molar-refractivity contribution in [2.75, 3.05) is 14.2 Å². The summed E-state index contributed by atoms with van der Waals surface area (Å²) < 4.78 is 8.94. The van der Waals surface area contributed by atoms with Crippen LogP contribution in [0.25, 0.3) is 0 Å². The molecule has 5 heteroatoms. The standard InChI is InChI=1S/C9H12O5/c1-13-8(11)5-3-4-6(7(5)10)9(12)14-2/h5,10H,3-4H2,1-2H3. The maximum absolute atomic E-state index is 11.1. The number of rotatable bonds is 2. The SMILES string of the molecule is COC(=O)C1=C(O)C(C(=O)OC)CC1. The van der Waals surface area contributed by atoms with Crippen molar-refractivity contribution in [2.24, 2.45) is 5.92 Å². The number of carbonyl (C=O) groups is 2. The van der Waals surface area contributed by atoms with Gasteiger partial charge in [0.2, 0.25) is 0 Å². The normalized spacial score (nSPS) is 20.9. The third-order valence-electron chi connectivity index (χ3n) is 2.24. The molecule has 0 amide bonds. The Morgan fingerprint density at radius 2 is 2.00 bits per heavy atom.